The molecule has 0 aliphatic heterocycles. The van der Waals surface area contributed by atoms with E-state index in [1.165, 1.54) is 64.2 Å². The van der Waals surface area contributed by atoms with Gasteiger partial charge < -0.3 is 9.90 Å². The summed E-state index contributed by atoms with van der Waals surface area (Å²) >= 11 is 0. The summed E-state index contributed by atoms with van der Waals surface area (Å²) in [6, 6.07) is 0. The van der Waals surface area contributed by atoms with Gasteiger partial charge in [-0.2, -0.15) is 0 Å². The molecule has 0 aromatic heterocycles. The van der Waals surface area contributed by atoms with Gasteiger partial charge in [0.25, 0.3) is 0 Å². The van der Waals surface area contributed by atoms with E-state index in [0.29, 0.717) is 0 Å². The van der Waals surface area contributed by atoms with Crippen molar-refractivity contribution in [3.05, 3.63) is 0 Å². The molecule has 0 saturated heterocycles. The van der Waals surface area contributed by atoms with Gasteiger partial charge in [0.15, 0.2) is 0 Å². The molecule has 0 N–H and O–H groups in total. The first-order chi connectivity index (χ1) is 8.80. The number of hydrogen-bond acceptors (Lipinski definition) is 2. The second-order valence-electron chi connectivity index (χ2n) is 5.84. The van der Waals surface area contributed by atoms with Gasteiger partial charge in [0, 0.05) is 5.97 Å². The number of carbonyl (C=O) groups is 1. The van der Waals surface area contributed by atoms with Crippen molar-refractivity contribution in [2.75, 3.05) is 0 Å². The lowest BCUT2D eigenvalue weighted by atomic mass is 9.94. The predicted octanol–water partition coefficient (Wildman–Crippen LogP) is 3.83. The lowest BCUT2D eigenvalue weighted by molar-refractivity contribution is -0.312. The molecule has 106 valence electrons. The second kappa shape index (κ2) is 10.4. The summed E-state index contributed by atoms with van der Waals surface area (Å²) < 4.78 is 0. The van der Waals surface area contributed by atoms with Gasteiger partial charge in [-0.3, -0.25) is 0 Å². The van der Waals surface area contributed by atoms with Crippen LogP contribution < -0.4 is 5.11 Å². The minimum atomic E-state index is -0.820. The van der Waals surface area contributed by atoms with E-state index in [1.807, 2.05) is 0 Å². The maximum atomic E-state index is 11.0. The fourth-order valence-corrected chi connectivity index (χ4v) is 2.93. The summed E-state index contributed by atoms with van der Waals surface area (Å²) in [6.45, 7) is 0. The average Bonchev–Trinajstić information content (AvgIpc) is 2.36. The van der Waals surface area contributed by atoms with E-state index in [1.54, 1.807) is 0 Å². The van der Waals surface area contributed by atoms with Gasteiger partial charge in [-0.05, 0) is 18.8 Å². The van der Waals surface area contributed by atoms with Crippen LogP contribution in [-0.2, 0) is 4.79 Å². The number of aliphatic carboxylic acids is 1. The van der Waals surface area contributed by atoms with Crippen molar-refractivity contribution >= 4 is 5.97 Å². The molecule has 0 spiro atoms. The number of hydrogen-bond donors (Lipinski definition) is 0. The standard InChI is InChI=1S/C16H30O2/c17-16(18)15-13-11-9-7-5-3-1-2-4-6-8-10-12-14-15/h15H,1-14H2,(H,17,18)/p-1. The Morgan fingerprint density at radius 2 is 0.889 bits per heavy atom. The molecule has 2 nitrogen and oxygen atoms in total. The van der Waals surface area contributed by atoms with Crippen LogP contribution >= 0.6 is 0 Å². The molecule has 0 aromatic carbocycles. The van der Waals surface area contributed by atoms with Crippen LogP contribution in [0.2, 0.25) is 0 Å². The summed E-state index contributed by atoms with van der Waals surface area (Å²) in [7, 11) is 0. The lowest BCUT2D eigenvalue weighted by Gasteiger charge is -2.17. The molecule has 1 saturated carbocycles. The first kappa shape index (κ1) is 15.5. The fourth-order valence-electron chi connectivity index (χ4n) is 2.93. The van der Waals surface area contributed by atoms with Crippen LogP contribution in [0.3, 0.4) is 0 Å². The molecule has 0 bridgehead atoms. The summed E-state index contributed by atoms with van der Waals surface area (Å²) in [6.07, 6.45) is 16.9. The maximum Gasteiger partial charge on any atom is 0.0445 e. The van der Waals surface area contributed by atoms with E-state index in [2.05, 4.69) is 0 Å². The van der Waals surface area contributed by atoms with Crippen molar-refractivity contribution in [2.24, 2.45) is 5.92 Å². The lowest BCUT2D eigenvalue weighted by Crippen LogP contribution is -2.31. The monoisotopic (exact) mass is 253 g/mol. The van der Waals surface area contributed by atoms with Crippen molar-refractivity contribution in [1.82, 2.24) is 0 Å². The van der Waals surface area contributed by atoms with Crippen molar-refractivity contribution in [2.45, 2.75) is 89.9 Å². The summed E-state index contributed by atoms with van der Waals surface area (Å²) in [4.78, 5) is 11.0. The summed E-state index contributed by atoms with van der Waals surface area (Å²) in [5.41, 5.74) is 0. The highest BCUT2D eigenvalue weighted by Crippen LogP contribution is 2.20. The highest BCUT2D eigenvalue weighted by Gasteiger charge is 2.09. The van der Waals surface area contributed by atoms with Crippen LogP contribution in [0.4, 0.5) is 0 Å². The number of rotatable bonds is 1. The normalized spacial score (nSPS) is 22.9. The molecule has 1 aliphatic carbocycles. The Balaban J connectivity index is 2.26. The highest BCUT2D eigenvalue weighted by atomic mass is 16.4. The molecule has 0 unspecified atom stereocenters. The molecule has 0 aromatic rings. The first-order valence-electron chi connectivity index (χ1n) is 8.01. The van der Waals surface area contributed by atoms with E-state index < -0.39 is 5.97 Å². The summed E-state index contributed by atoms with van der Waals surface area (Å²) in [5, 5.41) is 11.0. The fraction of sp³-hybridized carbons (Fsp3) is 0.938. The van der Waals surface area contributed by atoms with Crippen LogP contribution in [0.1, 0.15) is 89.9 Å². The number of carboxylic acid groups (broad SMARTS) is 1. The van der Waals surface area contributed by atoms with Gasteiger partial charge in [0.05, 0.1) is 0 Å². The number of carbonyl (C=O) groups excluding carboxylic acids is 1. The Kier molecular flexibility index (Phi) is 8.97. The zero-order valence-electron chi connectivity index (χ0n) is 11.8. The van der Waals surface area contributed by atoms with Crippen LogP contribution in [0.5, 0.6) is 0 Å². The van der Waals surface area contributed by atoms with Crippen LogP contribution in [0, 0.1) is 5.92 Å². The van der Waals surface area contributed by atoms with Crippen LogP contribution in [0.15, 0.2) is 0 Å². The predicted molar refractivity (Wildman–Crippen MR) is 73.1 cm³/mol. The molecule has 0 radical (unpaired) electrons. The van der Waals surface area contributed by atoms with Crippen molar-refractivity contribution in [3.8, 4) is 0 Å². The SMILES string of the molecule is O=C([O-])C1CCCCCCCCCCCCCC1. The Bertz CT molecular complexity index is 197. The van der Waals surface area contributed by atoms with Gasteiger partial charge in [-0.25, -0.2) is 0 Å². The van der Waals surface area contributed by atoms with Gasteiger partial charge >= 0.3 is 0 Å². The van der Waals surface area contributed by atoms with E-state index in [4.69, 9.17) is 0 Å². The maximum absolute atomic E-state index is 11.0. The average molecular weight is 253 g/mol. The van der Waals surface area contributed by atoms with Gasteiger partial charge in [-0.15, -0.1) is 0 Å². The van der Waals surface area contributed by atoms with E-state index in [-0.39, 0.29) is 5.92 Å². The number of carboxylic acids is 1. The highest BCUT2D eigenvalue weighted by molar-refractivity contribution is 5.67. The van der Waals surface area contributed by atoms with Crippen molar-refractivity contribution in [1.29, 1.82) is 0 Å². The Morgan fingerprint density at radius 3 is 1.17 bits per heavy atom. The molecular formula is C16H29O2-. The molecule has 2 heteroatoms. The first-order valence-corrected chi connectivity index (χ1v) is 8.01. The molecule has 18 heavy (non-hydrogen) atoms. The van der Waals surface area contributed by atoms with Crippen molar-refractivity contribution < 1.29 is 9.90 Å². The smallest absolute Gasteiger partial charge is 0.0445 e. The van der Waals surface area contributed by atoms with Gasteiger partial charge in [-0.1, -0.05) is 77.0 Å². The minimum Gasteiger partial charge on any atom is -0.550 e. The topological polar surface area (TPSA) is 40.1 Å². The molecule has 0 heterocycles. The largest absolute Gasteiger partial charge is 0.550 e. The third kappa shape index (κ3) is 7.73. The molecule has 0 amide bonds. The zero-order valence-corrected chi connectivity index (χ0v) is 11.8. The molecule has 1 fully saturated rings. The third-order valence-electron chi connectivity index (χ3n) is 4.19. The van der Waals surface area contributed by atoms with Crippen LogP contribution in [-0.4, -0.2) is 5.97 Å². The van der Waals surface area contributed by atoms with Gasteiger partial charge in [0.2, 0.25) is 0 Å². The second-order valence-corrected chi connectivity index (χ2v) is 5.84. The molecule has 1 rings (SSSR count). The Hall–Kier alpha value is -0.530. The molecule has 0 atom stereocenters. The molecular weight excluding hydrogens is 224 g/mol. The summed E-state index contributed by atoms with van der Waals surface area (Å²) in [5.74, 6) is -1.01. The van der Waals surface area contributed by atoms with Crippen LogP contribution in [0.25, 0.3) is 0 Å². The van der Waals surface area contributed by atoms with E-state index in [9.17, 15) is 9.90 Å². The van der Waals surface area contributed by atoms with Crippen molar-refractivity contribution in [3.63, 3.8) is 0 Å². The quantitative estimate of drug-likeness (QED) is 0.712. The van der Waals surface area contributed by atoms with E-state index >= 15 is 0 Å². The van der Waals surface area contributed by atoms with E-state index in [0.717, 1.165) is 25.7 Å². The minimum absolute atomic E-state index is 0.185. The van der Waals surface area contributed by atoms with Gasteiger partial charge in [0.1, 0.15) is 0 Å². The third-order valence-corrected chi connectivity index (χ3v) is 4.19. The molecule has 1 aliphatic rings. The Labute approximate surface area is 112 Å². The zero-order chi connectivity index (χ0) is 13.1. The Morgan fingerprint density at radius 1 is 0.611 bits per heavy atom.